The zero-order chi connectivity index (χ0) is 22.4. The fraction of sp³-hybridized carbons (Fsp3) is 0.455. The number of amides is 1. The van der Waals surface area contributed by atoms with E-state index in [1.54, 1.807) is 12.1 Å². The maximum Gasteiger partial charge on any atom is 0.326 e. The summed E-state index contributed by atoms with van der Waals surface area (Å²) < 4.78 is 0. The predicted molar refractivity (Wildman–Crippen MR) is 117 cm³/mol. The van der Waals surface area contributed by atoms with Crippen molar-refractivity contribution in [1.29, 1.82) is 0 Å². The van der Waals surface area contributed by atoms with Gasteiger partial charge in [0.05, 0.1) is 5.69 Å². The highest BCUT2D eigenvalue weighted by molar-refractivity contribution is 5.96. The molecule has 2 atom stereocenters. The average Bonchev–Trinajstić information content (AvgIpc) is 2.75. The van der Waals surface area contributed by atoms with Gasteiger partial charge in [0.15, 0.2) is 0 Å². The van der Waals surface area contributed by atoms with Crippen LogP contribution in [-0.4, -0.2) is 39.5 Å². The molecule has 166 valence electrons. The second-order valence-corrected chi connectivity index (χ2v) is 8.02. The summed E-state index contributed by atoms with van der Waals surface area (Å²) in [6.07, 6.45) is 4.98. The van der Waals surface area contributed by atoms with E-state index in [1.807, 2.05) is 12.1 Å². The first-order valence-electron chi connectivity index (χ1n) is 10.6. The van der Waals surface area contributed by atoms with Gasteiger partial charge in [-0.15, -0.1) is 0 Å². The van der Waals surface area contributed by atoms with E-state index in [-0.39, 0.29) is 11.5 Å². The van der Waals surface area contributed by atoms with E-state index in [9.17, 15) is 19.5 Å². The number of carboxylic acids is 1. The SMILES string of the molecule is NCCC[C@H](NC(=O)c1ccc(CC[C@@H]2CCc3nc(N)[nH]c(=O)c3C2)cc1)C(=O)O. The molecule has 0 unspecified atom stereocenters. The lowest BCUT2D eigenvalue weighted by Crippen LogP contribution is -2.41. The molecule has 3 rings (SSSR count). The van der Waals surface area contributed by atoms with E-state index in [1.165, 1.54) is 0 Å². The molecule has 9 nitrogen and oxygen atoms in total. The Morgan fingerprint density at radius 1 is 1.29 bits per heavy atom. The molecule has 31 heavy (non-hydrogen) atoms. The molecule has 0 bridgehead atoms. The summed E-state index contributed by atoms with van der Waals surface area (Å²) in [5, 5.41) is 11.8. The third-order valence-corrected chi connectivity index (χ3v) is 5.76. The van der Waals surface area contributed by atoms with Crippen LogP contribution < -0.4 is 22.3 Å². The van der Waals surface area contributed by atoms with Crippen LogP contribution in [0.15, 0.2) is 29.1 Å². The van der Waals surface area contributed by atoms with Gasteiger partial charge in [0.25, 0.3) is 11.5 Å². The number of nitrogens with zero attached hydrogens (tertiary/aromatic N) is 1. The number of aryl methyl sites for hydroxylation is 2. The van der Waals surface area contributed by atoms with Crippen molar-refractivity contribution < 1.29 is 14.7 Å². The number of rotatable bonds is 9. The molecule has 0 saturated heterocycles. The van der Waals surface area contributed by atoms with Gasteiger partial charge in [-0.05, 0) is 75.1 Å². The second kappa shape index (κ2) is 10.2. The zero-order valence-corrected chi connectivity index (χ0v) is 17.4. The maximum atomic E-state index is 12.4. The number of carboxylic acid groups (broad SMARTS) is 1. The maximum absolute atomic E-state index is 12.4. The Morgan fingerprint density at radius 3 is 2.71 bits per heavy atom. The topological polar surface area (TPSA) is 164 Å². The van der Waals surface area contributed by atoms with Crippen molar-refractivity contribution in [3.63, 3.8) is 0 Å². The normalized spacial score (nSPS) is 16.4. The van der Waals surface area contributed by atoms with E-state index < -0.39 is 17.9 Å². The van der Waals surface area contributed by atoms with Crippen molar-refractivity contribution in [3.05, 3.63) is 57.0 Å². The highest BCUT2D eigenvalue weighted by Gasteiger charge is 2.23. The molecule has 9 heteroatoms. The number of benzene rings is 1. The average molecular weight is 428 g/mol. The summed E-state index contributed by atoms with van der Waals surface area (Å²) in [6.45, 7) is 0.375. The van der Waals surface area contributed by atoms with E-state index >= 15 is 0 Å². The summed E-state index contributed by atoms with van der Waals surface area (Å²) in [6, 6.07) is 6.24. The van der Waals surface area contributed by atoms with E-state index in [4.69, 9.17) is 11.5 Å². The monoisotopic (exact) mass is 427 g/mol. The molecular formula is C22H29N5O4. The number of H-pyrrole nitrogens is 1. The highest BCUT2D eigenvalue weighted by atomic mass is 16.4. The second-order valence-electron chi connectivity index (χ2n) is 8.02. The lowest BCUT2D eigenvalue weighted by Gasteiger charge is -2.23. The summed E-state index contributed by atoms with van der Waals surface area (Å²) in [7, 11) is 0. The Bertz CT molecular complexity index is 986. The number of hydrogen-bond acceptors (Lipinski definition) is 6. The molecule has 1 aromatic carbocycles. The first-order valence-corrected chi connectivity index (χ1v) is 10.6. The first-order chi connectivity index (χ1) is 14.9. The van der Waals surface area contributed by atoms with Crippen LogP contribution in [0.5, 0.6) is 0 Å². The fourth-order valence-corrected chi connectivity index (χ4v) is 3.97. The standard InChI is InChI=1S/C22H29N5O4/c23-11-1-2-18(21(30)31)25-19(28)15-8-5-13(6-9-15)3-4-14-7-10-17-16(12-14)20(29)27-22(24)26-17/h5-6,8-9,14,18H,1-4,7,10-12,23H2,(H,25,28)(H,30,31)(H3,24,26,27,29)/t14-,18+/m1/s1. The van der Waals surface area contributed by atoms with Gasteiger partial charge >= 0.3 is 5.97 Å². The number of hydrogen-bond donors (Lipinski definition) is 5. The van der Waals surface area contributed by atoms with Crippen LogP contribution in [0.1, 0.15) is 52.9 Å². The van der Waals surface area contributed by atoms with Gasteiger partial charge < -0.3 is 21.9 Å². The number of aliphatic carboxylic acids is 1. The number of aromatic amines is 1. The number of nitrogens with two attached hydrogens (primary N) is 2. The lowest BCUT2D eigenvalue weighted by molar-refractivity contribution is -0.139. The molecule has 2 aromatic rings. The minimum Gasteiger partial charge on any atom is -0.480 e. The van der Waals surface area contributed by atoms with Crippen LogP contribution in [0.4, 0.5) is 5.95 Å². The van der Waals surface area contributed by atoms with Gasteiger partial charge in [0.2, 0.25) is 5.95 Å². The van der Waals surface area contributed by atoms with Crippen LogP contribution in [0.2, 0.25) is 0 Å². The Kier molecular flexibility index (Phi) is 7.41. The Morgan fingerprint density at radius 2 is 2.03 bits per heavy atom. The number of anilines is 1. The summed E-state index contributed by atoms with van der Waals surface area (Å²) in [4.78, 5) is 42.6. The Labute approximate surface area is 180 Å². The van der Waals surface area contributed by atoms with Crippen molar-refractivity contribution in [1.82, 2.24) is 15.3 Å². The predicted octanol–water partition coefficient (Wildman–Crippen LogP) is 1.01. The number of aromatic nitrogens is 2. The summed E-state index contributed by atoms with van der Waals surface area (Å²) in [5.74, 6) is -0.920. The molecule has 7 N–H and O–H groups in total. The molecule has 1 heterocycles. The van der Waals surface area contributed by atoms with E-state index in [0.717, 1.165) is 42.5 Å². The van der Waals surface area contributed by atoms with Crippen LogP contribution in [0.25, 0.3) is 0 Å². The molecule has 1 aliphatic rings. The molecule has 0 spiro atoms. The quantitative estimate of drug-likeness (QED) is 0.398. The van der Waals surface area contributed by atoms with Gasteiger partial charge in [-0.25, -0.2) is 9.78 Å². The van der Waals surface area contributed by atoms with Crippen LogP contribution in [0.3, 0.4) is 0 Å². The minimum atomic E-state index is -1.07. The molecule has 0 saturated carbocycles. The third-order valence-electron chi connectivity index (χ3n) is 5.76. The number of carbonyl (C=O) groups is 2. The number of fused-ring (bicyclic) bond motifs is 1. The van der Waals surface area contributed by atoms with Crippen LogP contribution in [0, 0.1) is 5.92 Å². The molecule has 1 aromatic heterocycles. The summed E-state index contributed by atoms with van der Waals surface area (Å²) >= 11 is 0. The fourth-order valence-electron chi connectivity index (χ4n) is 3.97. The molecule has 0 radical (unpaired) electrons. The molecule has 0 fully saturated rings. The molecule has 1 amide bonds. The number of carbonyl (C=O) groups excluding carboxylic acids is 1. The Hall–Kier alpha value is -3.20. The Balaban J connectivity index is 1.54. The van der Waals surface area contributed by atoms with Gasteiger partial charge in [-0.3, -0.25) is 14.6 Å². The van der Waals surface area contributed by atoms with E-state index in [0.29, 0.717) is 37.3 Å². The smallest absolute Gasteiger partial charge is 0.326 e. The largest absolute Gasteiger partial charge is 0.480 e. The third kappa shape index (κ3) is 5.91. The van der Waals surface area contributed by atoms with E-state index in [2.05, 4.69) is 15.3 Å². The van der Waals surface area contributed by atoms with Gasteiger partial charge in [-0.2, -0.15) is 0 Å². The van der Waals surface area contributed by atoms with Gasteiger partial charge in [0, 0.05) is 11.1 Å². The van der Waals surface area contributed by atoms with Crippen molar-refractivity contribution in [2.75, 3.05) is 12.3 Å². The zero-order valence-electron chi connectivity index (χ0n) is 17.4. The van der Waals surface area contributed by atoms with Crippen molar-refractivity contribution in [2.45, 2.75) is 51.0 Å². The minimum absolute atomic E-state index is 0.145. The first kappa shape index (κ1) is 22.5. The number of nitrogens with one attached hydrogen (secondary N) is 2. The number of nitrogen functional groups attached to an aromatic ring is 1. The molecule has 1 aliphatic carbocycles. The highest BCUT2D eigenvalue weighted by Crippen LogP contribution is 2.26. The van der Waals surface area contributed by atoms with Crippen molar-refractivity contribution in [2.24, 2.45) is 11.7 Å². The van der Waals surface area contributed by atoms with Crippen LogP contribution >= 0.6 is 0 Å². The molecular weight excluding hydrogens is 398 g/mol. The van der Waals surface area contributed by atoms with Gasteiger partial charge in [0.1, 0.15) is 6.04 Å². The molecule has 0 aliphatic heterocycles. The van der Waals surface area contributed by atoms with Crippen molar-refractivity contribution in [3.8, 4) is 0 Å². The van der Waals surface area contributed by atoms with Crippen molar-refractivity contribution >= 4 is 17.8 Å². The summed E-state index contributed by atoms with van der Waals surface area (Å²) in [5.41, 5.74) is 13.9. The lowest BCUT2D eigenvalue weighted by atomic mass is 9.83. The van der Waals surface area contributed by atoms with Crippen LogP contribution in [-0.2, 0) is 24.1 Å². The van der Waals surface area contributed by atoms with Gasteiger partial charge in [-0.1, -0.05) is 12.1 Å².